The summed E-state index contributed by atoms with van der Waals surface area (Å²) in [5.41, 5.74) is 1.35. The van der Waals surface area contributed by atoms with Gasteiger partial charge in [-0.15, -0.1) is 0 Å². The Labute approximate surface area is 72.8 Å². The fourth-order valence-corrected chi connectivity index (χ4v) is 1.92. The molecule has 0 amide bonds. The summed E-state index contributed by atoms with van der Waals surface area (Å²) in [4.78, 5) is 4.13. The molecular formula is C9H15N3. The van der Waals surface area contributed by atoms with Gasteiger partial charge in [0, 0.05) is 37.4 Å². The Morgan fingerprint density at radius 3 is 3.00 bits per heavy atom. The van der Waals surface area contributed by atoms with Crippen molar-refractivity contribution in [3.05, 3.63) is 18.2 Å². The summed E-state index contributed by atoms with van der Waals surface area (Å²) in [6.07, 6.45) is 5.09. The zero-order chi connectivity index (χ0) is 8.55. The van der Waals surface area contributed by atoms with Crippen molar-refractivity contribution in [3.8, 4) is 0 Å². The Balaban J connectivity index is 2.16. The molecule has 12 heavy (non-hydrogen) atoms. The van der Waals surface area contributed by atoms with E-state index in [1.807, 2.05) is 12.5 Å². The van der Waals surface area contributed by atoms with Gasteiger partial charge in [-0.1, -0.05) is 0 Å². The highest BCUT2D eigenvalue weighted by Crippen LogP contribution is 2.24. The molecule has 0 bridgehead atoms. The van der Waals surface area contributed by atoms with Gasteiger partial charge >= 0.3 is 0 Å². The van der Waals surface area contributed by atoms with Gasteiger partial charge in [-0.2, -0.15) is 0 Å². The van der Waals surface area contributed by atoms with E-state index < -0.39 is 0 Å². The first-order valence-corrected chi connectivity index (χ1v) is 4.47. The zero-order valence-electron chi connectivity index (χ0n) is 7.62. The number of nitrogens with zero attached hydrogens (tertiary/aromatic N) is 2. The lowest BCUT2D eigenvalue weighted by Gasteiger charge is -2.08. The lowest BCUT2D eigenvalue weighted by molar-refractivity contribution is 0.646. The summed E-state index contributed by atoms with van der Waals surface area (Å²) >= 11 is 0. The van der Waals surface area contributed by atoms with Crippen molar-refractivity contribution in [3.63, 3.8) is 0 Å². The largest absolute Gasteiger partial charge is 0.337 e. The quantitative estimate of drug-likeness (QED) is 0.669. The summed E-state index contributed by atoms with van der Waals surface area (Å²) in [6.45, 7) is 3.33. The van der Waals surface area contributed by atoms with Gasteiger partial charge < -0.3 is 9.88 Å². The molecule has 0 saturated carbocycles. The highest BCUT2D eigenvalue weighted by Gasteiger charge is 2.23. The fourth-order valence-electron chi connectivity index (χ4n) is 1.92. The summed E-state index contributed by atoms with van der Waals surface area (Å²) in [7, 11) is 2.06. The van der Waals surface area contributed by atoms with Crippen molar-refractivity contribution in [2.24, 2.45) is 7.05 Å². The van der Waals surface area contributed by atoms with Crippen LogP contribution in [-0.2, 0) is 7.05 Å². The molecular weight excluding hydrogens is 150 g/mol. The van der Waals surface area contributed by atoms with E-state index >= 15 is 0 Å². The van der Waals surface area contributed by atoms with Crippen LogP contribution in [0.2, 0.25) is 0 Å². The molecule has 1 aliphatic heterocycles. The van der Waals surface area contributed by atoms with Crippen LogP contribution in [0.25, 0.3) is 0 Å². The smallest absolute Gasteiger partial charge is 0.0945 e. The SMILES string of the molecule is CC1CC(c2cncn2C)CN1. The van der Waals surface area contributed by atoms with Crippen LogP contribution in [0, 0.1) is 0 Å². The molecule has 2 unspecified atom stereocenters. The van der Waals surface area contributed by atoms with Crippen molar-refractivity contribution in [1.29, 1.82) is 0 Å². The Morgan fingerprint density at radius 2 is 2.50 bits per heavy atom. The van der Waals surface area contributed by atoms with Crippen LogP contribution in [-0.4, -0.2) is 22.1 Å². The topological polar surface area (TPSA) is 29.9 Å². The second kappa shape index (κ2) is 2.90. The number of aromatic nitrogens is 2. The van der Waals surface area contributed by atoms with Crippen LogP contribution < -0.4 is 5.32 Å². The van der Waals surface area contributed by atoms with Gasteiger partial charge in [-0.25, -0.2) is 4.98 Å². The Morgan fingerprint density at radius 1 is 1.67 bits per heavy atom. The van der Waals surface area contributed by atoms with Gasteiger partial charge in [-0.05, 0) is 13.3 Å². The van der Waals surface area contributed by atoms with Gasteiger partial charge in [0.2, 0.25) is 0 Å². The number of nitrogens with one attached hydrogen (secondary N) is 1. The molecule has 1 aliphatic rings. The maximum Gasteiger partial charge on any atom is 0.0945 e. The van der Waals surface area contributed by atoms with Gasteiger partial charge in [0.15, 0.2) is 0 Å². The average Bonchev–Trinajstić information content (AvgIpc) is 2.58. The molecule has 1 saturated heterocycles. The lowest BCUT2D eigenvalue weighted by Crippen LogP contribution is -2.16. The van der Waals surface area contributed by atoms with Crippen LogP contribution in [0.5, 0.6) is 0 Å². The molecule has 1 N–H and O–H groups in total. The third kappa shape index (κ3) is 1.25. The maximum absolute atomic E-state index is 4.13. The first-order valence-electron chi connectivity index (χ1n) is 4.47. The maximum atomic E-state index is 4.13. The lowest BCUT2D eigenvalue weighted by atomic mass is 10.0. The molecule has 0 aromatic carbocycles. The Kier molecular flexibility index (Phi) is 1.89. The number of rotatable bonds is 1. The molecule has 66 valence electrons. The normalized spacial score (nSPS) is 29.5. The van der Waals surface area contributed by atoms with E-state index in [9.17, 15) is 0 Å². The average molecular weight is 165 g/mol. The Bertz CT molecular complexity index is 266. The molecule has 1 aromatic heterocycles. The molecule has 2 rings (SSSR count). The van der Waals surface area contributed by atoms with Crippen LogP contribution in [0.1, 0.15) is 25.0 Å². The predicted molar refractivity (Wildman–Crippen MR) is 48.0 cm³/mol. The molecule has 2 atom stereocenters. The van der Waals surface area contributed by atoms with Crippen molar-refractivity contribution in [1.82, 2.24) is 14.9 Å². The zero-order valence-corrected chi connectivity index (χ0v) is 7.62. The van der Waals surface area contributed by atoms with E-state index in [0.29, 0.717) is 12.0 Å². The van der Waals surface area contributed by atoms with E-state index in [4.69, 9.17) is 0 Å². The van der Waals surface area contributed by atoms with E-state index in [-0.39, 0.29) is 0 Å². The minimum atomic E-state index is 0.657. The number of aryl methyl sites for hydroxylation is 1. The van der Waals surface area contributed by atoms with Gasteiger partial charge in [-0.3, -0.25) is 0 Å². The first kappa shape index (κ1) is 7.80. The van der Waals surface area contributed by atoms with E-state index in [0.717, 1.165) is 6.54 Å². The predicted octanol–water partition coefficient (Wildman–Crippen LogP) is 0.885. The van der Waals surface area contributed by atoms with Gasteiger partial charge in [0.05, 0.1) is 6.33 Å². The Hall–Kier alpha value is -0.830. The van der Waals surface area contributed by atoms with E-state index in [2.05, 4.69) is 28.8 Å². The van der Waals surface area contributed by atoms with Crippen molar-refractivity contribution < 1.29 is 0 Å². The first-order chi connectivity index (χ1) is 5.77. The minimum Gasteiger partial charge on any atom is -0.337 e. The number of imidazole rings is 1. The van der Waals surface area contributed by atoms with Gasteiger partial charge in [0.1, 0.15) is 0 Å². The second-order valence-electron chi connectivity index (χ2n) is 3.67. The summed E-state index contributed by atoms with van der Waals surface area (Å²) in [5, 5.41) is 3.44. The van der Waals surface area contributed by atoms with Crippen LogP contribution in [0.15, 0.2) is 12.5 Å². The molecule has 1 aromatic rings. The van der Waals surface area contributed by atoms with Crippen molar-refractivity contribution in [2.45, 2.75) is 25.3 Å². The minimum absolute atomic E-state index is 0.657. The highest BCUT2D eigenvalue weighted by atomic mass is 15.0. The number of hydrogen-bond acceptors (Lipinski definition) is 2. The summed E-state index contributed by atoms with van der Waals surface area (Å²) < 4.78 is 2.12. The molecule has 1 fully saturated rings. The van der Waals surface area contributed by atoms with Crippen LogP contribution in [0.3, 0.4) is 0 Å². The third-order valence-corrected chi connectivity index (χ3v) is 2.62. The van der Waals surface area contributed by atoms with E-state index in [1.165, 1.54) is 12.1 Å². The standard InChI is InChI=1S/C9H15N3/c1-7-3-8(4-11-7)9-5-10-6-12(9)2/h5-8,11H,3-4H2,1-2H3. The van der Waals surface area contributed by atoms with E-state index in [1.54, 1.807) is 0 Å². The second-order valence-corrected chi connectivity index (χ2v) is 3.67. The number of hydrogen-bond donors (Lipinski definition) is 1. The molecule has 0 aliphatic carbocycles. The monoisotopic (exact) mass is 165 g/mol. The molecule has 0 radical (unpaired) electrons. The van der Waals surface area contributed by atoms with Gasteiger partial charge in [0.25, 0.3) is 0 Å². The van der Waals surface area contributed by atoms with Crippen LogP contribution >= 0.6 is 0 Å². The van der Waals surface area contributed by atoms with Crippen molar-refractivity contribution in [2.75, 3.05) is 6.54 Å². The highest BCUT2D eigenvalue weighted by molar-refractivity contribution is 5.09. The third-order valence-electron chi connectivity index (χ3n) is 2.62. The summed E-state index contributed by atoms with van der Waals surface area (Å²) in [6, 6.07) is 0.657. The molecule has 0 spiro atoms. The van der Waals surface area contributed by atoms with Crippen molar-refractivity contribution >= 4 is 0 Å². The molecule has 3 heteroatoms. The summed E-state index contributed by atoms with van der Waals surface area (Å²) in [5.74, 6) is 0.660. The van der Waals surface area contributed by atoms with Crippen LogP contribution in [0.4, 0.5) is 0 Å². The fraction of sp³-hybridized carbons (Fsp3) is 0.667. The molecule has 3 nitrogen and oxygen atoms in total. The molecule has 2 heterocycles.